The molecule has 124 valence electrons. The molecule has 0 aliphatic carbocycles. The molecule has 4 nitrogen and oxygen atoms in total. The smallest absolute Gasteiger partial charge is 0.161 e. The van der Waals surface area contributed by atoms with Crippen molar-refractivity contribution in [3.63, 3.8) is 0 Å². The number of rotatable bonds is 4. The first-order valence-corrected chi connectivity index (χ1v) is 8.14. The van der Waals surface area contributed by atoms with Crippen molar-refractivity contribution < 1.29 is 9.47 Å². The van der Waals surface area contributed by atoms with Crippen molar-refractivity contribution in [2.24, 2.45) is 0 Å². The minimum atomic E-state index is -0.288. The van der Waals surface area contributed by atoms with Gasteiger partial charge in [0.05, 0.1) is 20.3 Å². The fraction of sp³-hybridized carbons (Fsp3) is 0.350. The zero-order chi connectivity index (χ0) is 17.1. The molecule has 0 radical (unpaired) electrons. The van der Waals surface area contributed by atoms with Crippen molar-refractivity contribution in [3.05, 3.63) is 59.2 Å². The molecule has 2 atom stereocenters. The second-order valence-corrected chi connectivity index (χ2v) is 6.01. The van der Waals surface area contributed by atoms with Crippen LogP contribution in [-0.4, -0.2) is 25.7 Å². The normalized spacial score (nSPS) is 18.3. The van der Waals surface area contributed by atoms with Crippen molar-refractivity contribution in [1.82, 2.24) is 4.90 Å². The van der Waals surface area contributed by atoms with Gasteiger partial charge in [-0.2, -0.15) is 5.26 Å². The van der Waals surface area contributed by atoms with E-state index in [1.807, 2.05) is 30.3 Å². The van der Waals surface area contributed by atoms with Crippen LogP contribution in [0.15, 0.2) is 42.5 Å². The predicted molar refractivity (Wildman–Crippen MR) is 93.2 cm³/mol. The van der Waals surface area contributed by atoms with Gasteiger partial charge < -0.3 is 9.47 Å². The van der Waals surface area contributed by atoms with Crippen molar-refractivity contribution >= 4 is 0 Å². The number of hydrogen-bond donors (Lipinski definition) is 0. The third-order valence-corrected chi connectivity index (χ3v) is 4.81. The lowest BCUT2D eigenvalue weighted by molar-refractivity contribution is 0.165. The lowest BCUT2D eigenvalue weighted by atomic mass is 9.90. The van der Waals surface area contributed by atoms with E-state index in [9.17, 15) is 5.26 Å². The number of ether oxygens (including phenoxy) is 2. The number of methoxy groups -OCH3 is 2. The Balaban J connectivity index is 1.99. The topological polar surface area (TPSA) is 45.5 Å². The molecule has 1 aliphatic rings. The highest BCUT2D eigenvalue weighted by Gasteiger charge is 2.32. The molecule has 2 aromatic rings. The maximum absolute atomic E-state index is 9.83. The molecule has 0 aromatic heterocycles. The van der Waals surface area contributed by atoms with Gasteiger partial charge in [0.2, 0.25) is 0 Å². The summed E-state index contributed by atoms with van der Waals surface area (Å²) < 4.78 is 10.8. The maximum atomic E-state index is 9.83. The van der Waals surface area contributed by atoms with E-state index >= 15 is 0 Å². The molecule has 1 heterocycles. The van der Waals surface area contributed by atoms with Gasteiger partial charge in [-0.15, -0.1) is 0 Å². The summed E-state index contributed by atoms with van der Waals surface area (Å²) in [6.45, 7) is 3.00. The Hall–Kier alpha value is -2.51. The van der Waals surface area contributed by atoms with E-state index < -0.39 is 0 Å². The summed E-state index contributed by atoms with van der Waals surface area (Å²) in [7, 11) is 3.26. The van der Waals surface area contributed by atoms with Gasteiger partial charge in [0.1, 0.15) is 6.04 Å². The third-order valence-electron chi connectivity index (χ3n) is 4.81. The fourth-order valence-corrected chi connectivity index (χ4v) is 3.45. The van der Waals surface area contributed by atoms with Crippen molar-refractivity contribution in [3.8, 4) is 17.6 Å². The van der Waals surface area contributed by atoms with Gasteiger partial charge in [0.15, 0.2) is 11.5 Å². The molecular weight excluding hydrogens is 300 g/mol. The number of benzene rings is 2. The van der Waals surface area contributed by atoms with Gasteiger partial charge in [-0.05, 0) is 42.2 Å². The van der Waals surface area contributed by atoms with Gasteiger partial charge in [0.25, 0.3) is 0 Å². The van der Waals surface area contributed by atoms with E-state index in [1.54, 1.807) is 14.2 Å². The average Bonchev–Trinajstić information content (AvgIpc) is 2.65. The Kier molecular flexibility index (Phi) is 4.73. The first-order valence-electron chi connectivity index (χ1n) is 8.14. The van der Waals surface area contributed by atoms with E-state index in [2.05, 4.69) is 30.0 Å². The summed E-state index contributed by atoms with van der Waals surface area (Å²) in [5.74, 6) is 1.39. The fourth-order valence-electron chi connectivity index (χ4n) is 3.45. The molecule has 0 unspecified atom stereocenters. The Labute approximate surface area is 143 Å². The van der Waals surface area contributed by atoms with Crippen LogP contribution in [0.2, 0.25) is 0 Å². The standard InChI is InChI=1S/C20H22N2O2/c1-14(15-7-5-4-6-8-15)22-10-9-16-11-19(23-2)20(24-3)12-17(16)18(22)13-21/h4-8,11-12,14,18H,9-10H2,1-3H3/t14-,18+/m1/s1. The van der Waals surface area contributed by atoms with Crippen LogP contribution in [0.25, 0.3) is 0 Å². The predicted octanol–water partition coefficient (Wildman–Crippen LogP) is 3.89. The van der Waals surface area contributed by atoms with E-state index in [1.165, 1.54) is 5.56 Å². The quantitative estimate of drug-likeness (QED) is 0.857. The van der Waals surface area contributed by atoms with Crippen LogP contribution in [-0.2, 0) is 6.42 Å². The summed E-state index contributed by atoms with van der Waals surface area (Å²) in [6, 6.07) is 16.6. The summed E-state index contributed by atoms with van der Waals surface area (Å²) in [5, 5.41) is 9.83. The molecule has 0 N–H and O–H groups in total. The minimum absolute atomic E-state index is 0.178. The van der Waals surface area contributed by atoms with Crippen LogP contribution >= 0.6 is 0 Å². The largest absolute Gasteiger partial charge is 0.493 e. The molecule has 0 saturated carbocycles. The Morgan fingerprint density at radius 1 is 1.12 bits per heavy atom. The molecule has 0 bridgehead atoms. The SMILES string of the molecule is COc1cc2c(cc1OC)[C@H](C#N)N([C@H](C)c1ccccc1)CC2. The number of fused-ring (bicyclic) bond motifs is 1. The molecule has 2 aromatic carbocycles. The van der Waals surface area contributed by atoms with Crippen LogP contribution in [0.5, 0.6) is 11.5 Å². The molecule has 0 fully saturated rings. The minimum Gasteiger partial charge on any atom is -0.493 e. The monoisotopic (exact) mass is 322 g/mol. The molecule has 0 amide bonds. The first kappa shape index (κ1) is 16.4. The highest BCUT2D eigenvalue weighted by atomic mass is 16.5. The molecule has 3 rings (SSSR count). The van der Waals surface area contributed by atoms with Crippen molar-refractivity contribution in [1.29, 1.82) is 5.26 Å². The van der Waals surface area contributed by atoms with Gasteiger partial charge in [-0.3, -0.25) is 4.90 Å². The van der Waals surface area contributed by atoms with Crippen LogP contribution in [0.1, 0.15) is 35.7 Å². The Morgan fingerprint density at radius 2 is 1.79 bits per heavy atom. The van der Waals surface area contributed by atoms with Crippen molar-refractivity contribution in [2.75, 3.05) is 20.8 Å². The maximum Gasteiger partial charge on any atom is 0.161 e. The number of nitrogens with zero attached hydrogens (tertiary/aromatic N) is 2. The van der Waals surface area contributed by atoms with Gasteiger partial charge in [-0.1, -0.05) is 30.3 Å². The highest BCUT2D eigenvalue weighted by molar-refractivity contribution is 5.50. The van der Waals surface area contributed by atoms with Gasteiger partial charge in [-0.25, -0.2) is 0 Å². The molecule has 0 saturated heterocycles. The summed E-state index contributed by atoms with van der Waals surface area (Å²) in [6.07, 6.45) is 0.894. The summed E-state index contributed by atoms with van der Waals surface area (Å²) >= 11 is 0. The van der Waals surface area contributed by atoms with Crippen LogP contribution in [0.4, 0.5) is 0 Å². The van der Waals surface area contributed by atoms with Crippen LogP contribution in [0, 0.1) is 11.3 Å². The Morgan fingerprint density at radius 3 is 2.42 bits per heavy atom. The zero-order valence-corrected chi connectivity index (χ0v) is 14.3. The first-order chi connectivity index (χ1) is 11.7. The van der Waals surface area contributed by atoms with Crippen LogP contribution in [0.3, 0.4) is 0 Å². The molecule has 0 spiro atoms. The van der Waals surface area contributed by atoms with E-state index in [4.69, 9.17) is 9.47 Å². The summed E-state index contributed by atoms with van der Waals surface area (Å²) in [5.41, 5.74) is 3.40. The zero-order valence-electron chi connectivity index (χ0n) is 14.3. The van der Waals surface area contributed by atoms with Gasteiger partial charge in [0, 0.05) is 12.6 Å². The van der Waals surface area contributed by atoms with Crippen molar-refractivity contribution in [2.45, 2.75) is 25.4 Å². The molecule has 1 aliphatic heterocycles. The molecule has 4 heteroatoms. The van der Waals surface area contributed by atoms with E-state index in [0.717, 1.165) is 29.8 Å². The lowest BCUT2D eigenvalue weighted by Crippen LogP contribution is -2.36. The average molecular weight is 322 g/mol. The third kappa shape index (κ3) is 2.83. The Bertz CT molecular complexity index is 752. The second kappa shape index (κ2) is 6.94. The molecular formula is C20H22N2O2. The van der Waals surface area contributed by atoms with Crippen LogP contribution < -0.4 is 9.47 Å². The lowest BCUT2D eigenvalue weighted by Gasteiger charge is -2.38. The molecule has 24 heavy (non-hydrogen) atoms. The van der Waals surface area contributed by atoms with E-state index in [-0.39, 0.29) is 12.1 Å². The number of hydrogen-bond acceptors (Lipinski definition) is 4. The number of nitriles is 1. The summed E-state index contributed by atoms with van der Waals surface area (Å²) in [4.78, 5) is 2.25. The van der Waals surface area contributed by atoms with Gasteiger partial charge >= 0.3 is 0 Å². The second-order valence-electron chi connectivity index (χ2n) is 6.01. The highest BCUT2D eigenvalue weighted by Crippen LogP contribution is 2.40. The van der Waals surface area contributed by atoms with E-state index in [0.29, 0.717) is 5.75 Å².